The summed E-state index contributed by atoms with van der Waals surface area (Å²) in [6.07, 6.45) is 3.66. The van der Waals surface area contributed by atoms with Gasteiger partial charge in [0.15, 0.2) is 0 Å². The monoisotopic (exact) mass is 314 g/mol. The van der Waals surface area contributed by atoms with Crippen molar-refractivity contribution in [2.75, 3.05) is 7.05 Å². The molecule has 0 spiro atoms. The minimum absolute atomic E-state index is 0.0809. The van der Waals surface area contributed by atoms with Crippen molar-refractivity contribution in [2.24, 2.45) is 5.92 Å². The standard InChI is InChI=1S/C15H23FN2O2S/c1-11-3-6-13(7-4-11)18-21(19,20)15-8-5-12(10-17-2)9-14(15)16/h5,8-9,11,13,17-18H,3-4,6-7,10H2,1-2H3. The number of hydrogen-bond donors (Lipinski definition) is 2. The lowest BCUT2D eigenvalue weighted by atomic mass is 9.88. The predicted octanol–water partition coefficient (Wildman–Crippen LogP) is 2.40. The smallest absolute Gasteiger partial charge is 0.243 e. The summed E-state index contributed by atoms with van der Waals surface area (Å²) in [5.74, 6) is -0.0530. The molecule has 0 aromatic heterocycles. The van der Waals surface area contributed by atoms with Gasteiger partial charge >= 0.3 is 0 Å². The van der Waals surface area contributed by atoms with E-state index >= 15 is 0 Å². The fourth-order valence-corrected chi connectivity index (χ4v) is 4.10. The highest BCUT2D eigenvalue weighted by molar-refractivity contribution is 7.89. The third-order valence-electron chi connectivity index (χ3n) is 4.00. The average Bonchev–Trinajstić information content (AvgIpc) is 2.41. The van der Waals surface area contributed by atoms with E-state index in [-0.39, 0.29) is 10.9 Å². The summed E-state index contributed by atoms with van der Waals surface area (Å²) in [6, 6.07) is 4.17. The van der Waals surface area contributed by atoms with E-state index in [0.29, 0.717) is 12.5 Å². The third-order valence-corrected chi connectivity index (χ3v) is 5.56. The van der Waals surface area contributed by atoms with Crippen LogP contribution >= 0.6 is 0 Å². The second kappa shape index (κ2) is 6.85. The Morgan fingerprint density at radius 1 is 1.24 bits per heavy atom. The van der Waals surface area contributed by atoms with Gasteiger partial charge in [-0.3, -0.25) is 0 Å². The van der Waals surface area contributed by atoms with Gasteiger partial charge in [-0.25, -0.2) is 17.5 Å². The van der Waals surface area contributed by atoms with E-state index in [0.717, 1.165) is 31.2 Å². The third kappa shape index (κ3) is 4.25. The molecular formula is C15H23FN2O2S. The van der Waals surface area contributed by atoms with Crippen LogP contribution in [0.2, 0.25) is 0 Å². The van der Waals surface area contributed by atoms with Crippen LogP contribution in [0.1, 0.15) is 38.2 Å². The maximum absolute atomic E-state index is 14.0. The van der Waals surface area contributed by atoms with E-state index in [2.05, 4.69) is 17.0 Å². The number of rotatable bonds is 5. The molecule has 0 amide bonds. The SMILES string of the molecule is CNCc1ccc(S(=O)(=O)NC2CCC(C)CC2)c(F)c1. The van der Waals surface area contributed by atoms with Crippen LogP contribution in [0.15, 0.2) is 23.1 Å². The van der Waals surface area contributed by atoms with E-state index in [4.69, 9.17) is 0 Å². The van der Waals surface area contributed by atoms with E-state index in [1.54, 1.807) is 13.1 Å². The van der Waals surface area contributed by atoms with Crippen LogP contribution in [0, 0.1) is 11.7 Å². The quantitative estimate of drug-likeness (QED) is 0.877. The Kier molecular flexibility index (Phi) is 5.35. The van der Waals surface area contributed by atoms with Crippen LogP contribution < -0.4 is 10.0 Å². The normalized spacial score (nSPS) is 23.2. The van der Waals surface area contributed by atoms with Crippen LogP contribution in [-0.2, 0) is 16.6 Å². The van der Waals surface area contributed by atoms with Gasteiger partial charge < -0.3 is 5.32 Å². The Morgan fingerprint density at radius 3 is 2.48 bits per heavy atom. The predicted molar refractivity (Wildman–Crippen MR) is 80.9 cm³/mol. The molecule has 1 saturated carbocycles. The zero-order chi connectivity index (χ0) is 15.5. The topological polar surface area (TPSA) is 58.2 Å². The van der Waals surface area contributed by atoms with Crippen LogP contribution in [0.5, 0.6) is 0 Å². The molecule has 1 aromatic carbocycles. The Morgan fingerprint density at radius 2 is 1.90 bits per heavy atom. The van der Waals surface area contributed by atoms with Crippen molar-refractivity contribution in [2.45, 2.75) is 50.1 Å². The summed E-state index contributed by atoms with van der Waals surface area (Å²) in [6.45, 7) is 2.68. The molecule has 1 fully saturated rings. The number of halogens is 1. The number of sulfonamides is 1. The Bertz CT molecular complexity index is 581. The minimum Gasteiger partial charge on any atom is -0.316 e. The maximum atomic E-state index is 14.0. The molecular weight excluding hydrogens is 291 g/mol. The minimum atomic E-state index is -3.79. The lowest BCUT2D eigenvalue weighted by Crippen LogP contribution is -2.37. The fourth-order valence-electron chi connectivity index (χ4n) is 2.74. The van der Waals surface area contributed by atoms with Crippen LogP contribution in [-0.4, -0.2) is 21.5 Å². The average molecular weight is 314 g/mol. The van der Waals surface area contributed by atoms with Crippen molar-refractivity contribution in [3.8, 4) is 0 Å². The Labute approximate surface area is 126 Å². The Hall–Kier alpha value is -0.980. The second-order valence-electron chi connectivity index (χ2n) is 5.87. The van der Waals surface area contributed by atoms with E-state index < -0.39 is 15.8 Å². The summed E-state index contributed by atoms with van der Waals surface area (Å²) in [5, 5.41) is 2.91. The van der Waals surface area contributed by atoms with E-state index in [1.165, 1.54) is 12.1 Å². The summed E-state index contributed by atoms with van der Waals surface area (Å²) in [4.78, 5) is -0.263. The van der Waals surface area contributed by atoms with Crippen molar-refractivity contribution in [1.29, 1.82) is 0 Å². The molecule has 0 aliphatic heterocycles. The van der Waals surface area contributed by atoms with Crippen LogP contribution in [0.3, 0.4) is 0 Å². The van der Waals surface area contributed by atoms with Gasteiger partial charge in [-0.2, -0.15) is 0 Å². The highest BCUT2D eigenvalue weighted by Crippen LogP contribution is 2.25. The molecule has 0 bridgehead atoms. The van der Waals surface area contributed by atoms with Crippen molar-refractivity contribution in [1.82, 2.24) is 10.0 Å². The molecule has 1 aliphatic carbocycles. The van der Waals surface area contributed by atoms with Gasteiger partial charge in [-0.05, 0) is 56.3 Å². The first kappa shape index (κ1) is 16.4. The van der Waals surface area contributed by atoms with E-state index in [1.807, 2.05) is 0 Å². The summed E-state index contributed by atoms with van der Waals surface area (Å²) in [7, 11) is -2.03. The fraction of sp³-hybridized carbons (Fsp3) is 0.600. The van der Waals surface area contributed by atoms with Gasteiger partial charge in [-0.15, -0.1) is 0 Å². The molecule has 0 unspecified atom stereocenters. The number of nitrogens with one attached hydrogen (secondary N) is 2. The van der Waals surface area contributed by atoms with E-state index in [9.17, 15) is 12.8 Å². The molecule has 0 saturated heterocycles. The molecule has 0 radical (unpaired) electrons. The largest absolute Gasteiger partial charge is 0.316 e. The maximum Gasteiger partial charge on any atom is 0.243 e. The molecule has 1 aliphatic rings. The second-order valence-corrected chi connectivity index (χ2v) is 7.56. The van der Waals surface area contributed by atoms with Gasteiger partial charge in [0.25, 0.3) is 0 Å². The molecule has 0 atom stereocenters. The summed E-state index contributed by atoms with van der Waals surface area (Å²) in [5.41, 5.74) is 0.723. The van der Waals surface area contributed by atoms with Crippen LogP contribution in [0.25, 0.3) is 0 Å². The lowest BCUT2D eigenvalue weighted by molar-refractivity contribution is 0.332. The molecule has 21 heavy (non-hydrogen) atoms. The zero-order valence-electron chi connectivity index (χ0n) is 12.5. The van der Waals surface area contributed by atoms with Gasteiger partial charge in [0.1, 0.15) is 10.7 Å². The molecule has 2 rings (SSSR count). The molecule has 0 heterocycles. The molecule has 1 aromatic rings. The number of benzene rings is 1. The first-order valence-corrected chi connectivity index (χ1v) is 8.86. The first-order chi connectivity index (χ1) is 9.92. The summed E-state index contributed by atoms with van der Waals surface area (Å²) < 4.78 is 41.3. The molecule has 118 valence electrons. The van der Waals surface area contributed by atoms with Crippen LogP contribution in [0.4, 0.5) is 4.39 Å². The summed E-state index contributed by atoms with van der Waals surface area (Å²) >= 11 is 0. The van der Waals surface area contributed by atoms with Gasteiger partial charge in [0, 0.05) is 12.6 Å². The van der Waals surface area contributed by atoms with Crippen molar-refractivity contribution in [3.63, 3.8) is 0 Å². The van der Waals surface area contributed by atoms with Crippen molar-refractivity contribution >= 4 is 10.0 Å². The lowest BCUT2D eigenvalue weighted by Gasteiger charge is -2.26. The number of hydrogen-bond acceptors (Lipinski definition) is 3. The highest BCUT2D eigenvalue weighted by atomic mass is 32.2. The first-order valence-electron chi connectivity index (χ1n) is 7.37. The Balaban J connectivity index is 2.12. The highest BCUT2D eigenvalue weighted by Gasteiger charge is 2.26. The molecule has 2 N–H and O–H groups in total. The van der Waals surface area contributed by atoms with Gasteiger partial charge in [-0.1, -0.05) is 13.0 Å². The molecule has 6 heteroatoms. The van der Waals surface area contributed by atoms with Crippen molar-refractivity contribution in [3.05, 3.63) is 29.6 Å². The zero-order valence-corrected chi connectivity index (χ0v) is 13.3. The molecule has 4 nitrogen and oxygen atoms in total. The van der Waals surface area contributed by atoms with Gasteiger partial charge in [0.05, 0.1) is 0 Å². The van der Waals surface area contributed by atoms with Gasteiger partial charge in [0.2, 0.25) is 10.0 Å². The van der Waals surface area contributed by atoms with Crippen molar-refractivity contribution < 1.29 is 12.8 Å².